The van der Waals surface area contributed by atoms with Crippen molar-refractivity contribution in [3.63, 3.8) is 0 Å². The highest BCUT2D eigenvalue weighted by Gasteiger charge is 2.13. The molecular weight excluding hydrogens is 204 g/mol. The van der Waals surface area contributed by atoms with Gasteiger partial charge in [-0.3, -0.25) is 11.3 Å². The maximum absolute atomic E-state index is 6.01. The Bertz CT molecular complexity index is 250. The van der Waals surface area contributed by atoms with Crippen molar-refractivity contribution in [1.82, 2.24) is 5.43 Å². The van der Waals surface area contributed by atoms with Gasteiger partial charge in [0.25, 0.3) is 0 Å². The molecule has 74 valence electrons. The Kier molecular flexibility index (Phi) is 4.73. The van der Waals surface area contributed by atoms with Crippen LogP contribution in [0.25, 0.3) is 0 Å². The zero-order valence-electron chi connectivity index (χ0n) is 7.72. The molecule has 0 aromatic carbocycles. The molecule has 0 aliphatic rings. The van der Waals surface area contributed by atoms with Gasteiger partial charge >= 0.3 is 0 Å². The summed E-state index contributed by atoms with van der Waals surface area (Å²) in [5, 5.41) is 2.82. The zero-order valence-corrected chi connectivity index (χ0v) is 9.29. The number of rotatable bonds is 5. The second-order valence-electron chi connectivity index (χ2n) is 2.99. The summed E-state index contributed by atoms with van der Waals surface area (Å²) in [7, 11) is 0. The monoisotopic (exact) mass is 218 g/mol. The van der Waals surface area contributed by atoms with E-state index in [1.54, 1.807) is 11.3 Å². The number of hydrogen-bond acceptors (Lipinski definition) is 3. The van der Waals surface area contributed by atoms with E-state index in [1.165, 1.54) is 12.8 Å². The van der Waals surface area contributed by atoms with E-state index in [9.17, 15) is 0 Å². The molecule has 0 saturated heterocycles. The Labute approximate surface area is 88.1 Å². The second-order valence-corrected chi connectivity index (χ2v) is 4.35. The first kappa shape index (κ1) is 11.0. The van der Waals surface area contributed by atoms with Gasteiger partial charge in [0.2, 0.25) is 0 Å². The quantitative estimate of drug-likeness (QED) is 0.589. The van der Waals surface area contributed by atoms with E-state index in [0.717, 1.165) is 16.3 Å². The molecular formula is C9H15ClN2S. The fraction of sp³-hybridized carbons (Fsp3) is 0.556. The molecule has 0 radical (unpaired) electrons. The first-order chi connectivity index (χ1) is 6.29. The van der Waals surface area contributed by atoms with Crippen LogP contribution in [0.4, 0.5) is 0 Å². The summed E-state index contributed by atoms with van der Waals surface area (Å²) >= 11 is 7.67. The third kappa shape index (κ3) is 2.95. The molecule has 3 N–H and O–H groups in total. The van der Waals surface area contributed by atoms with Gasteiger partial charge in [0.05, 0.1) is 11.1 Å². The largest absolute Gasteiger partial charge is 0.271 e. The molecule has 0 saturated carbocycles. The zero-order chi connectivity index (χ0) is 9.68. The summed E-state index contributed by atoms with van der Waals surface area (Å²) in [5.41, 5.74) is 2.81. The maximum Gasteiger partial charge on any atom is 0.0568 e. The average Bonchev–Trinajstić information content (AvgIpc) is 2.54. The Balaban J connectivity index is 2.61. The van der Waals surface area contributed by atoms with Gasteiger partial charge < -0.3 is 0 Å². The van der Waals surface area contributed by atoms with Crippen molar-refractivity contribution in [2.75, 3.05) is 0 Å². The van der Waals surface area contributed by atoms with Crippen LogP contribution in [-0.4, -0.2) is 0 Å². The molecule has 4 heteroatoms. The van der Waals surface area contributed by atoms with Gasteiger partial charge in [0, 0.05) is 4.88 Å². The van der Waals surface area contributed by atoms with Crippen LogP contribution in [0.3, 0.4) is 0 Å². The van der Waals surface area contributed by atoms with Gasteiger partial charge in [0.15, 0.2) is 0 Å². The third-order valence-electron chi connectivity index (χ3n) is 2.01. The average molecular weight is 219 g/mol. The summed E-state index contributed by atoms with van der Waals surface area (Å²) in [4.78, 5) is 1.15. The molecule has 1 aromatic rings. The van der Waals surface area contributed by atoms with E-state index in [-0.39, 0.29) is 6.04 Å². The molecule has 1 unspecified atom stereocenters. The van der Waals surface area contributed by atoms with Crippen LogP contribution in [0.2, 0.25) is 5.02 Å². The van der Waals surface area contributed by atoms with E-state index in [4.69, 9.17) is 17.4 Å². The van der Waals surface area contributed by atoms with Crippen molar-refractivity contribution >= 4 is 22.9 Å². The normalized spacial score (nSPS) is 13.2. The van der Waals surface area contributed by atoms with Crippen molar-refractivity contribution in [2.24, 2.45) is 5.84 Å². The molecule has 0 aliphatic carbocycles. The molecule has 1 atom stereocenters. The number of hydrazine groups is 1. The van der Waals surface area contributed by atoms with Crippen LogP contribution in [0, 0.1) is 0 Å². The Morgan fingerprint density at radius 1 is 1.69 bits per heavy atom. The van der Waals surface area contributed by atoms with Gasteiger partial charge in [-0.05, 0) is 17.9 Å². The minimum absolute atomic E-state index is 0.215. The van der Waals surface area contributed by atoms with Crippen molar-refractivity contribution in [3.05, 3.63) is 21.3 Å². The smallest absolute Gasteiger partial charge is 0.0568 e. The summed E-state index contributed by atoms with van der Waals surface area (Å²) in [6.07, 6.45) is 3.40. The Hall–Kier alpha value is -0.0900. The van der Waals surface area contributed by atoms with E-state index < -0.39 is 0 Å². The van der Waals surface area contributed by atoms with Crippen LogP contribution >= 0.6 is 22.9 Å². The summed E-state index contributed by atoms with van der Waals surface area (Å²) in [6.45, 7) is 2.17. The van der Waals surface area contributed by atoms with Gasteiger partial charge in [-0.15, -0.1) is 11.3 Å². The fourth-order valence-electron chi connectivity index (χ4n) is 1.25. The molecule has 0 spiro atoms. The number of nitrogens with two attached hydrogens (primary N) is 1. The predicted octanol–water partition coefficient (Wildman–Crippen LogP) is 3.10. The van der Waals surface area contributed by atoms with E-state index in [2.05, 4.69) is 12.3 Å². The molecule has 1 rings (SSSR count). The highest BCUT2D eigenvalue weighted by molar-refractivity contribution is 7.10. The molecule has 0 aliphatic heterocycles. The highest BCUT2D eigenvalue weighted by Crippen LogP contribution is 2.30. The molecule has 0 amide bonds. The lowest BCUT2D eigenvalue weighted by molar-refractivity contribution is 0.502. The number of halogens is 1. The lowest BCUT2D eigenvalue weighted by Crippen LogP contribution is -2.27. The highest BCUT2D eigenvalue weighted by atomic mass is 35.5. The number of nitrogens with one attached hydrogen (secondary N) is 1. The first-order valence-corrected chi connectivity index (χ1v) is 5.74. The number of thiophene rings is 1. The summed E-state index contributed by atoms with van der Waals surface area (Å²) < 4.78 is 0. The van der Waals surface area contributed by atoms with Crippen molar-refractivity contribution in [1.29, 1.82) is 0 Å². The third-order valence-corrected chi connectivity index (χ3v) is 3.48. The van der Waals surface area contributed by atoms with Crippen LogP contribution in [0.1, 0.15) is 37.1 Å². The van der Waals surface area contributed by atoms with E-state index in [1.807, 2.05) is 11.4 Å². The number of hydrogen-bond donors (Lipinski definition) is 2. The number of unbranched alkanes of at least 4 members (excludes halogenated alkanes) is 1. The molecule has 1 aromatic heterocycles. The molecule has 0 fully saturated rings. The lowest BCUT2D eigenvalue weighted by atomic mass is 10.1. The Morgan fingerprint density at radius 2 is 2.46 bits per heavy atom. The van der Waals surface area contributed by atoms with Gasteiger partial charge in [-0.1, -0.05) is 31.4 Å². The minimum Gasteiger partial charge on any atom is -0.271 e. The lowest BCUT2D eigenvalue weighted by Gasteiger charge is -2.13. The molecule has 2 nitrogen and oxygen atoms in total. The van der Waals surface area contributed by atoms with Crippen molar-refractivity contribution < 1.29 is 0 Å². The van der Waals surface area contributed by atoms with Crippen molar-refractivity contribution in [2.45, 2.75) is 32.2 Å². The molecule has 0 bridgehead atoms. The predicted molar refractivity (Wildman–Crippen MR) is 58.9 cm³/mol. The van der Waals surface area contributed by atoms with E-state index in [0.29, 0.717) is 0 Å². The SMILES string of the molecule is CCCCC(NN)c1sccc1Cl. The fourth-order valence-corrected chi connectivity index (χ4v) is 2.54. The molecule has 1 heterocycles. The standard InChI is InChI=1S/C9H15ClN2S/c1-2-3-4-8(12-11)9-7(10)5-6-13-9/h5-6,8,12H,2-4,11H2,1H3. The van der Waals surface area contributed by atoms with E-state index >= 15 is 0 Å². The van der Waals surface area contributed by atoms with Crippen LogP contribution in [0.15, 0.2) is 11.4 Å². The maximum atomic E-state index is 6.01. The van der Waals surface area contributed by atoms with Gasteiger partial charge in [0.1, 0.15) is 0 Å². The van der Waals surface area contributed by atoms with Crippen LogP contribution in [-0.2, 0) is 0 Å². The summed E-state index contributed by atoms with van der Waals surface area (Å²) in [5.74, 6) is 5.47. The first-order valence-electron chi connectivity index (χ1n) is 4.48. The topological polar surface area (TPSA) is 38.0 Å². The molecule has 13 heavy (non-hydrogen) atoms. The van der Waals surface area contributed by atoms with Gasteiger partial charge in [-0.25, -0.2) is 0 Å². The Morgan fingerprint density at radius 3 is 2.92 bits per heavy atom. The van der Waals surface area contributed by atoms with Crippen molar-refractivity contribution in [3.8, 4) is 0 Å². The van der Waals surface area contributed by atoms with Crippen LogP contribution in [0.5, 0.6) is 0 Å². The second kappa shape index (κ2) is 5.60. The summed E-state index contributed by atoms with van der Waals surface area (Å²) in [6, 6.07) is 2.13. The van der Waals surface area contributed by atoms with Crippen LogP contribution < -0.4 is 11.3 Å². The minimum atomic E-state index is 0.215. The van der Waals surface area contributed by atoms with Gasteiger partial charge in [-0.2, -0.15) is 0 Å².